The van der Waals surface area contributed by atoms with Gasteiger partial charge in [-0.2, -0.15) is 5.10 Å². The summed E-state index contributed by atoms with van der Waals surface area (Å²) in [5, 5.41) is 7.43. The van der Waals surface area contributed by atoms with Gasteiger partial charge in [0.1, 0.15) is 5.82 Å². The van der Waals surface area contributed by atoms with E-state index < -0.39 is 0 Å². The number of hydrogen-bond acceptors (Lipinski definition) is 2. The predicted octanol–water partition coefficient (Wildman–Crippen LogP) is 3.05. The van der Waals surface area contributed by atoms with Gasteiger partial charge >= 0.3 is 0 Å². The third kappa shape index (κ3) is 2.80. The van der Waals surface area contributed by atoms with Gasteiger partial charge in [-0.3, -0.25) is 5.10 Å². The molecule has 0 atom stereocenters. The monoisotopic (exact) mass is 207 g/mol. The van der Waals surface area contributed by atoms with E-state index in [9.17, 15) is 0 Å². The molecule has 2 rings (SSSR count). The number of aromatic amines is 1. The fourth-order valence-electron chi connectivity index (χ4n) is 2.33. The Labute approximate surface area is 91.7 Å². The van der Waals surface area contributed by atoms with Crippen molar-refractivity contribution < 1.29 is 0 Å². The predicted molar refractivity (Wildman–Crippen MR) is 60.8 cm³/mol. The Hall–Kier alpha value is -0.860. The summed E-state index contributed by atoms with van der Waals surface area (Å²) in [5.74, 6) is 3.39. The van der Waals surface area contributed by atoms with Crippen LogP contribution in [0.1, 0.15) is 63.5 Å². The molecule has 0 amide bonds. The molecule has 84 valence electrons. The lowest BCUT2D eigenvalue weighted by atomic mass is 9.89. The van der Waals surface area contributed by atoms with Crippen molar-refractivity contribution in [2.24, 2.45) is 5.92 Å². The van der Waals surface area contributed by atoms with Crippen molar-refractivity contribution in [3.05, 3.63) is 11.6 Å². The zero-order valence-corrected chi connectivity index (χ0v) is 9.79. The summed E-state index contributed by atoms with van der Waals surface area (Å²) in [7, 11) is 0. The van der Waals surface area contributed by atoms with Crippen molar-refractivity contribution in [3.8, 4) is 0 Å². The smallest absolute Gasteiger partial charge is 0.153 e. The van der Waals surface area contributed by atoms with Crippen LogP contribution in [0.15, 0.2) is 0 Å². The third-order valence-corrected chi connectivity index (χ3v) is 3.12. The molecule has 1 aromatic rings. The van der Waals surface area contributed by atoms with Gasteiger partial charge in [0.25, 0.3) is 0 Å². The summed E-state index contributed by atoms with van der Waals surface area (Å²) >= 11 is 0. The van der Waals surface area contributed by atoms with Crippen LogP contribution in [0.25, 0.3) is 0 Å². The third-order valence-electron chi connectivity index (χ3n) is 3.12. The molecule has 0 saturated heterocycles. The van der Waals surface area contributed by atoms with Gasteiger partial charge in [-0.25, -0.2) is 4.98 Å². The second-order valence-corrected chi connectivity index (χ2v) is 5.07. The van der Waals surface area contributed by atoms with Crippen LogP contribution < -0.4 is 0 Å². The molecular formula is C12H21N3. The van der Waals surface area contributed by atoms with Gasteiger partial charge in [-0.1, -0.05) is 33.1 Å². The number of aromatic nitrogens is 3. The zero-order valence-electron chi connectivity index (χ0n) is 9.79. The van der Waals surface area contributed by atoms with Crippen molar-refractivity contribution in [2.75, 3.05) is 0 Å². The van der Waals surface area contributed by atoms with Crippen LogP contribution in [0, 0.1) is 5.92 Å². The normalized spacial score (nSPS) is 18.6. The molecule has 3 heteroatoms. The molecular weight excluding hydrogens is 186 g/mol. The van der Waals surface area contributed by atoms with Gasteiger partial charge < -0.3 is 0 Å². The maximum Gasteiger partial charge on any atom is 0.153 e. The fraction of sp³-hybridized carbons (Fsp3) is 0.833. The molecule has 1 fully saturated rings. The Bertz CT molecular complexity index is 298. The van der Waals surface area contributed by atoms with E-state index in [4.69, 9.17) is 0 Å². The lowest BCUT2D eigenvalue weighted by Crippen LogP contribution is -2.06. The molecule has 1 aliphatic carbocycles. The number of rotatable bonds is 3. The number of nitrogens with zero attached hydrogens (tertiary/aromatic N) is 2. The second-order valence-electron chi connectivity index (χ2n) is 5.07. The largest absolute Gasteiger partial charge is 0.263 e. The van der Waals surface area contributed by atoms with E-state index in [1.165, 1.54) is 32.1 Å². The fourth-order valence-corrected chi connectivity index (χ4v) is 2.33. The molecule has 0 bridgehead atoms. The van der Waals surface area contributed by atoms with Gasteiger partial charge in [0.15, 0.2) is 5.82 Å². The SMILES string of the molecule is CC(C)Cc1nc(C2CCCCC2)n[nH]1. The van der Waals surface area contributed by atoms with Crippen LogP contribution in [-0.2, 0) is 6.42 Å². The van der Waals surface area contributed by atoms with Crippen LogP contribution in [-0.4, -0.2) is 15.2 Å². The molecule has 1 saturated carbocycles. The lowest BCUT2D eigenvalue weighted by molar-refractivity contribution is 0.429. The van der Waals surface area contributed by atoms with E-state index in [1.807, 2.05) is 0 Å². The van der Waals surface area contributed by atoms with E-state index in [-0.39, 0.29) is 0 Å². The molecule has 0 radical (unpaired) electrons. The molecule has 1 N–H and O–H groups in total. The van der Waals surface area contributed by atoms with E-state index >= 15 is 0 Å². The van der Waals surface area contributed by atoms with E-state index in [2.05, 4.69) is 29.0 Å². The Morgan fingerprint density at radius 3 is 2.67 bits per heavy atom. The molecule has 3 nitrogen and oxygen atoms in total. The maximum absolute atomic E-state index is 4.61. The highest BCUT2D eigenvalue weighted by Crippen LogP contribution is 2.30. The highest BCUT2D eigenvalue weighted by molar-refractivity contribution is 4.99. The van der Waals surface area contributed by atoms with Crippen LogP contribution in [0.2, 0.25) is 0 Å². The molecule has 0 spiro atoms. The minimum Gasteiger partial charge on any atom is -0.263 e. The minimum absolute atomic E-state index is 0.621. The molecule has 0 aliphatic heterocycles. The van der Waals surface area contributed by atoms with Crippen LogP contribution in [0.3, 0.4) is 0 Å². The summed E-state index contributed by atoms with van der Waals surface area (Å²) in [5.41, 5.74) is 0. The Kier molecular flexibility index (Phi) is 3.39. The first-order chi connectivity index (χ1) is 7.25. The summed E-state index contributed by atoms with van der Waals surface area (Å²) in [6.07, 6.45) is 7.65. The molecule has 1 aliphatic rings. The zero-order chi connectivity index (χ0) is 10.7. The quantitative estimate of drug-likeness (QED) is 0.827. The molecule has 0 aromatic carbocycles. The summed E-state index contributed by atoms with van der Waals surface area (Å²) in [6, 6.07) is 0. The number of H-pyrrole nitrogens is 1. The standard InChI is InChI=1S/C12H21N3/c1-9(2)8-11-13-12(15-14-11)10-6-4-3-5-7-10/h9-10H,3-8H2,1-2H3,(H,13,14,15). The van der Waals surface area contributed by atoms with Gasteiger partial charge in [0.05, 0.1) is 0 Å². The van der Waals surface area contributed by atoms with Crippen LogP contribution in [0.4, 0.5) is 0 Å². The summed E-state index contributed by atoms with van der Waals surface area (Å²) < 4.78 is 0. The molecule has 0 unspecified atom stereocenters. The van der Waals surface area contributed by atoms with Gasteiger partial charge in [-0.15, -0.1) is 0 Å². The highest BCUT2D eigenvalue weighted by Gasteiger charge is 2.19. The van der Waals surface area contributed by atoms with Crippen molar-refractivity contribution in [3.63, 3.8) is 0 Å². The van der Waals surface area contributed by atoms with Gasteiger partial charge in [-0.05, 0) is 18.8 Å². The van der Waals surface area contributed by atoms with Gasteiger partial charge in [0, 0.05) is 12.3 Å². The lowest BCUT2D eigenvalue weighted by Gasteiger charge is -2.18. The molecule has 1 aromatic heterocycles. The maximum atomic E-state index is 4.61. The average Bonchev–Trinajstić information content (AvgIpc) is 2.67. The topological polar surface area (TPSA) is 41.6 Å². The molecule has 15 heavy (non-hydrogen) atoms. The average molecular weight is 207 g/mol. The first-order valence-corrected chi connectivity index (χ1v) is 6.17. The Morgan fingerprint density at radius 2 is 2.00 bits per heavy atom. The van der Waals surface area contributed by atoms with Crippen LogP contribution >= 0.6 is 0 Å². The Balaban J connectivity index is 1.99. The number of hydrogen-bond donors (Lipinski definition) is 1. The van der Waals surface area contributed by atoms with E-state index in [1.54, 1.807) is 0 Å². The van der Waals surface area contributed by atoms with Crippen molar-refractivity contribution >= 4 is 0 Å². The van der Waals surface area contributed by atoms with Gasteiger partial charge in [0.2, 0.25) is 0 Å². The Morgan fingerprint density at radius 1 is 1.27 bits per heavy atom. The second kappa shape index (κ2) is 4.77. The van der Waals surface area contributed by atoms with Crippen LogP contribution in [0.5, 0.6) is 0 Å². The number of nitrogens with one attached hydrogen (secondary N) is 1. The van der Waals surface area contributed by atoms with Crippen molar-refractivity contribution in [1.29, 1.82) is 0 Å². The first kappa shape index (κ1) is 10.7. The highest BCUT2D eigenvalue weighted by atomic mass is 15.2. The molecule has 1 heterocycles. The summed E-state index contributed by atoms with van der Waals surface area (Å²) in [6.45, 7) is 4.42. The summed E-state index contributed by atoms with van der Waals surface area (Å²) in [4.78, 5) is 4.61. The van der Waals surface area contributed by atoms with Crippen molar-refractivity contribution in [2.45, 2.75) is 58.3 Å². The van der Waals surface area contributed by atoms with E-state index in [0.717, 1.165) is 18.1 Å². The first-order valence-electron chi connectivity index (χ1n) is 6.17. The minimum atomic E-state index is 0.621. The van der Waals surface area contributed by atoms with E-state index in [0.29, 0.717) is 11.8 Å². The van der Waals surface area contributed by atoms with Crippen molar-refractivity contribution in [1.82, 2.24) is 15.2 Å².